The van der Waals surface area contributed by atoms with Crippen LogP contribution >= 0.6 is 46.4 Å². The van der Waals surface area contributed by atoms with E-state index in [-0.39, 0.29) is 22.4 Å². The number of nitrogens with two attached hydrogens (primary N) is 1. The molecular formula is C19H15N7O5S4. The van der Waals surface area contributed by atoms with Gasteiger partial charge in [0.25, 0.3) is 11.8 Å². The third-order valence-corrected chi connectivity index (χ3v) is 9.14. The van der Waals surface area contributed by atoms with Gasteiger partial charge in [-0.25, -0.2) is 9.78 Å². The van der Waals surface area contributed by atoms with E-state index >= 15 is 0 Å². The van der Waals surface area contributed by atoms with Crippen LogP contribution in [0.1, 0.15) is 5.82 Å². The number of rotatable bonds is 7. The van der Waals surface area contributed by atoms with Crippen molar-refractivity contribution in [3.63, 3.8) is 0 Å². The van der Waals surface area contributed by atoms with E-state index in [4.69, 9.17) is 10.6 Å². The summed E-state index contributed by atoms with van der Waals surface area (Å²) < 4.78 is 5.62. The number of aromatic nitrogens is 3. The number of nitrogen functional groups attached to an aromatic ring is 1. The van der Waals surface area contributed by atoms with Gasteiger partial charge in [0.05, 0.1) is 10.2 Å². The lowest BCUT2D eigenvalue weighted by molar-refractivity contribution is -0.150. The molecule has 5 rings (SSSR count). The number of para-hydroxylation sites is 1. The maximum atomic E-state index is 13.0. The molecule has 180 valence electrons. The van der Waals surface area contributed by atoms with Gasteiger partial charge in [0.1, 0.15) is 24.2 Å². The summed E-state index contributed by atoms with van der Waals surface area (Å²) >= 11 is 4.92. The number of carboxylic acid groups (broad SMARTS) is 1. The molecule has 0 spiro atoms. The van der Waals surface area contributed by atoms with Crippen molar-refractivity contribution in [1.29, 1.82) is 0 Å². The number of amides is 2. The first-order valence-electron chi connectivity index (χ1n) is 9.83. The lowest BCUT2D eigenvalue weighted by Gasteiger charge is -2.49. The number of anilines is 1. The Morgan fingerprint density at radius 3 is 2.83 bits per heavy atom. The van der Waals surface area contributed by atoms with Gasteiger partial charge in [-0.15, -0.1) is 23.1 Å². The van der Waals surface area contributed by atoms with Crippen LogP contribution in [-0.2, 0) is 19.2 Å². The molecule has 1 saturated heterocycles. The van der Waals surface area contributed by atoms with E-state index in [2.05, 4.69) is 24.8 Å². The number of benzene rings is 1. The van der Waals surface area contributed by atoms with Gasteiger partial charge >= 0.3 is 5.97 Å². The van der Waals surface area contributed by atoms with Gasteiger partial charge in [-0.1, -0.05) is 29.1 Å². The predicted octanol–water partition coefficient (Wildman–Crippen LogP) is 1.57. The highest BCUT2D eigenvalue weighted by Crippen LogP contribution is 2.46. The average Bonchev–Trinajstić information content (AvgIpc) is 3.45. The van der Waals surface area contributed by atoms with E-state index in [0.29, 0.717) is 15.0 Å². The number of nitrogens with one attached hydrogen (secondary N) is 1. The van der Waals surface area contributed by atoms with E-state index in [1.165, 1.54) is 46.9 Å². The van der Waals surface area contributed by atoms with Crippen LogP contribution in [0.25, 0.3) is 10.2 Å². The lowest BCUT2D eigenvalue weighted by atomic mass is 10.0. The van der Waals surface area contributed by atoms with Crippen molar-refractivity contribution >= 4 is 85.2 Å². The van der Waals surface area contributed by atoms with E-state index in [9.17, 15) is 19.5 Å². The van der Waals surface area contributed by atoms with Crippen LogP contribution in [0.5, 0.6) is 0 Å². The molecular weight excluding hydrogens is 535 g/mol. The van der Waals surface area contributed by atoms with Gasteiger partial charge in [0.2, 0.25) is 11.5 Å². The fraction of sp³-hybridized carbons (Fsp3) is 0.211. The van der Waals surface area contributed by atoms with Gasteiger partial charge < -0.3 is 21.0 Å². The zero-order valence-corrected chi connectivity index (χ0v) is 21.0. The van der Waals surface area contributed by atoms with Crippen molar-refractivity contribution in [2.45, 2.75) is 15.8 Å². The minimum Gasteiger partial charge on any atom is -0.477 e. The Morgan fingerprint density at radius 2 is 2.14 bits per heavy atom. The number of nitrogens with zero attached hydrogens (tertiary/aromatic N) is 5. The third-order valence-electron chi connectivity index (χ3n) is 4.96. The number of carbonyl (C=O) groups is 3. The minimum atomic E-state index is -1.22. The van der Waals surface area contributed by atoms with Crippen LogP contribution in [0.15, 0.2) is 44.4 Å². The maximum absolute atomic E-state index is 13.0. The van der Waals surface area contributed by atoms with Crippen LogP contribution in [0, 0.1) is 0 Å². The zero-order valence-electron chi connectivity index (χ0n) is 17.7. The number of oxime groups is 1. The van der Waals surface area contributed by atoms with Crippen LogP contribution in [0.2, 0.25) is 0 Å². The van der Waals surface area contributed by atoms with E-state index < -0.39 is 29.2 Å². The summed E-state index contributed by atoms with van der Waals surface area (Å²) in [5.41, 5.74) is 6.06. The lowest BCUT2D eigenvalue weighted by Crippen LogP contribution is -2.71. The number of aliphatic carboxylic acids is 1. The van der Waals surface area contributed by atoms with Crippen LogP contribution in [0.3, 0.4) is 0 Å². The molecule has 1 fully saturated rings. The van der Waals surface area contributed by atoms with Gasteiger partial charge in [-0.3, -0.25) is 14.5 Å². The second-order valence-corrected chi connectivity index (χ2v) is 11.3. The molecule has 0 aliphatic carbocycles. The maximum Gasteiger partial charge on any atom is 0.353 e. The van der Waals surface area contributed by atoms with Gasteiger partial charge in [0, 0.05) is 22.2 Å². The monoisotopic (exact) mass is 549 g/mol. The Labute approximate surface area is 213 Å². The highest BCUT2D eigenvalue weighted by molar-refractivity contribution is 8.07. The summed E-state index contributed by atoms with van der Waals surface area (Å²) in [6, 6.07) is 6.67. The van der Waals surface area contributed by atoms with Crippen molar-refractivity contribution < 1.29 is 24.3 Å². The smallest absolute Gasteiger partial charge is 0.353 e. The summed E-state index contributed by atoms with van der Waals surface area (Å²) in [4.78, 5) is 52.8. The Hall–Kier alpha value is -3.21. The largest absolute Gasteiger partial charge is 0.477 e. The average molecular weight is 550 g/mol. The molecule has 0 bridgehead atoms. The summed E-state index contributed by atoms with van der Waals surface area (Å²) in [6.07, 6.45) is 0. The molecule has 2 aliphatic heterocycles. The first-order valence-corrected chi connectivity index (χ1v) is 13.3. The zero-order chi connectivity index (χ0) is 24.7. The number of β-lactam (4-membered cyclic amide) rings is 1. The molecule has 2 aromatic heterocycles. The minimum absolute atomic E-state index is 0.0348. The third kappa shape index (κ3) is 4.33. The number of thioether (sulfide) groups is 2. The van der Waals surface area contributed by atoms with Crippen molar-refractivity contribution in [1.82, 2.24) is 24.6 Å². The molecule has 4 heterocycles. The van der Waals surface area contributed by atoms with Gasteiger partial charge in [-0.2, -0.15) is 9.36 Å². The fourth-order valence-electron chi connectivity index (χ4n) is 3.49. The number of thiazole rings is 1. The molecule has 2 atom stereocenters. The summed E-state index contributed by atoms with van der Waals surface area (Å²) in [7, 11) is 1.25. The van der Waals surface area contributed by atoms with E-state index in [1.54, 1.807) is 0 Å². The predicted molar refractivity (Wildman–Crippen MR) is 133 cm³/mol. The second kappa shape index (κ2) is 9.44. The number of hydrogen-bond donors (Lipinski definition) is 3. The quantitative estimate of drug-likeness (QED) is 0.222. The molecule has 0 radical (unpaired) electrons. The van der Waals surface area contributed by atoms with E-state index in [0.717, 1.165) is 21.7 Å². The van der Waals surface area contributed by atoms with Crippen molar-refractivity contribution in [2.24, 2.45) is 5.16 Å². The number of fused-ring (bicyclic) bond motifs is 2. The molecule has 2 aliphatic rings. The highest BCUT2D eigenvalue weighted by atomic mass is 32.2. The summed E-state index contributed by atoms with van der Waals surface area (Å²) in [6.45, 7) is 0. The SMILES string of the molecule is CO/N=C(\C(=O)NC1C(=O)N2C(C(=O)O)=C(Sc3nc4ccccc4s3)CS[C@@H]12)c1nsc(N)n1. The highest BCUT2D eigenvalue weighted by Gasteiger charge is 2.54. The van der Waals surface area contributed by atoms with Crippen LogP contribution in [-0.4, -0.2) is 72.1 Å². The van der Waals surface area contributed by atoms with Crippen LogP contribution in [0.4, 0.5) is 5.13 Å². The first-order chi connectivity index (χ1) is 16.9. The van der Waals surface area contributed by atoms with Gasteiger partial charge in [-0.05, 0) is 12.1 Å². The van der Waals surface area contributed by atoms with E-state index in [1.807, 2.05) is 24.3 Å². The molecule has 0 saturated carbocycles. The molecule has 12 nitrogen and oxygen atoms in total. The molecule has 1 aromatic carbocycles. The molecule has 1 unspecified atom stereocenters. The Bertz CT molecular complexity index is 1380. The Kier molecular flexibility index (Phi) is 6.35. The Morgan fingerprint density at radius 1 is 1.34 bits per heavy atom. The number of hydrogen-bond acceptors (Lipinski definition) is 13. The van der Waals surface area contributed by atoms with Crippen LogP contribution < -0.4 is 11.1 Å². The normalized spacial score (nSPS) is 20.0. The molecule has 4 N–H and O–H groups in total. The second-order valence-electron chi connectivity index (χ2n) is 7.07. The standard InChI is InChI=1S/C19H15N7O5S4/c1-31-24-10(13-23-18(20)35-25-13)14(27)22-11-15(28)26-12(17(29)30)9(6-32-16(11)26)34-19-21-7-4-2-3-5-8(7)33-19/h2-5,11,16H,6H2,1H3,(H,22,27)(H,29,30)(H2,20,23,25)/b24-10-/t11?,16-/m0/s1. The molecule has 3 aromatic rings. The van der Waals surface area contributed by atoms with Crippen molar-refractivity contribution in [3.8, 4) is 0 Å². The number of carbonyl (C=O) groups excluding carboxylic acids is 2. The number of carboxylic acids is 1. The van der Waals surface area contributed by atoms with Gasteiger partial charge in [0.15, 0.2) is 9.47 Å². The first kappa shape index (κ1) is 23.5. The Balaban J connectivity index is 1.36. The topological polar surface area (TPSA) is 173 Å². The summed E-state index contributed by atoms with van der Waals surface area (Å²) in [5.74, 6) is -2.20. The summed E-state index contributed by atoms with van der Waals surface area (Å²) in [5, 5.41) is 15.7. The molecule has 2 amide bonds. The molecule has 16 heteroatoms. The fourth-order valence-corrected chi connectivity index (χ4v) is 7.63. The van der Waals surface area contributed by atoms with Crippen molar-refractivity contribution in [3.05, 3.63) is 40.7 Å². The van der Waals surface area contributed by atoms with Crippen molar-refractivity contribution in [2.75, 3.05) is 18.6 Å². The molecule has 35 heavy (non-hydrogen) atoms.